The Bertz CT molecular complexity index is 427. The van der Waals surface area contributed by atoms with Crippen LogP contribution in [0.3, 0.4) is 0 Å². The smallest absolute Gasteiger partial charge is 0.116 e. The highest BCUT2D eigenvalue weighted by Crippen LogP contribution is 2.41. The van der Waals surface area contributed by atoms with Gasteiger partial charge in [0.05, 0.1) is 17.8 Å². The van der Waals surface area contributed by atoms with Crippen LogP contribution in [0.15, 0.2) is 27.6 Å². The highest BCUT2D eigenvalue weighted by atomic mass is 79.9. The summed E-state index contributed by atoms with van der Waals surface area (Å²) in [6.45, 7) is 2.09. The summed E-state index contributed by atoms with van der Waals surface area (Å²) in [6.07, 6.45) is 0. The van der Waals surface area contributed by atoms with Crippen molar-refractivity contribution in [3.05, 3.63) is 22.7 Å². The summed E-state index contributed by atoms with van der Waals surface area (Å²) >= 11 is 5.10. The molecule has 0 radical (unpaired) electrons. The Balaban J connectivity index is 2.46. The maximum atomic E-state index is 9.06. The third-order valence-electron chi connectivity index (χ3n) is 2.73. The zero-order chi connectivity index (χ0) is 11.0. The molecule has 2 atom stereocenters. The average Bonchev–Trinajstić information content (AvgIpc) is 2.23. The largest absolute Gasteiger partial charge is 0.369 e. The van der Waals surface area contributed by atoms with Gasteiger partial charge in [-0.2, -0.15) is 5.26 Å². The van der Waals surface area contributed by atoms with E-state index in [4.69, 9.17) is 5.26 Å². The van der Waals surface area contributed by atoms with Crippen LogP contribution in [-0.2, 0) is 0 Å². The van der Waals surface area contributed by atoms with E-state index in [1.807, 2.05) is 13.1 Å². The number of benzene rings is 1. The van der Waals surface area contributed by atoms with Gasteiger partial charge in [-0.25, -0.2) is 0 Å². The van der Waals surface area contributed by atoms with Gasteiger partial charge in [0.1, 0.15) is 5.25 Å². The number of fused-ring (bicyclic) bond motifs is 1. The van der Waals surface area contributed by atoms with Crippen molar-refractivity contribution < 1.29 is 0 Å². The lowest BCUT2D eigenvalue weighted by Gasteiger charge is -2.36. The molecule has 0 aromatic heterocycles. The Labute approximate surface area is 102 Å². The number of nitrogens with zero attached hydrogens (tertiary/aromatic N) is 2. The van der Waals surface area contributed by atoms with E-state index < -0.39 is 0 Å². The maximum Gasteiger partial charge on any atom is 0.116 e. The zero-order valence-electron chi connectivity index (χ0n) is 8.57. The molecule has 0 N–H and O–H groups in total. The van der Waals surface area contributed by atoms with Gasteiger partial charge in [-0.05, 0) is 25.1 Å². The number of anilines is 1. The fraction of sp³-hybridized carbons (Fsp3) is 0.364. The van der Waals surface area contributed by atoms with Crippen LogP contribution in [0.2, 0.25) is 0 Å². The number of rotatable bonds is 0. The quantitative estimate of drug-likeness (QED) is 0.731. The molecule has 1 aromatic rings. The molecule has 0 bridgehead atoms. The molecule has 0 saturated carbocycles. The number of hydrogen-bond acceptors (Lipinski definition) is 3. The molecule has 0 spiro atoms. The van der Waals surface area contributed by atoms with Crippen molar-refractivity contribution in [1.29, 1.82) is 5.26 Å². The minimum absolute atomic E-state index is 0.0109. The maximum absolute atomic E-state index is 9.06. The van der Waals surface area contributed by atoms with Gasteiger partial charge in [0.2, 0.25) is 0 Å². The lowest BCUT2D eigenvalue weighted by Crippen LogP contribution is -2.39. The van der Waals surface area contributed by atoms with Gasteiger partial charge in [0.15, 0.2) is 0 Å². The second kappa shape index (κ2) is 4.07. The van der Waals surface area contributed by atoms with Gasteiger partial charge >= 0.3 is 0 Å². The third-order valence-corrected chi connectivity index (χ3v) is 4.56. The van der Waals surface area contributed by atoms with E-state index in [9.17, 15) is 0 Å². The highest BCUT2D eigenvalue weighted by molar-refractivity contribution is 9.10. The Kier molecular flexibility index (Phi) is 2.94. The Morgan fingerprint density at radius 1 is 1.53 bits per heavy atom. The fourth-order valence-corrected chi connectivity index (χ4v) is 3.41. The summed E-state index contributed by atoms with van der Waals surface area (Å²) in [5.41, 5.74) is 1.21. The first-order valence-electron chi connectivity index (χ1n) is 4.72. The fourth-order valence-electron chi connectivity index (χ4n) is 1.67. The molecule has 2 rings (SSSR count). The first kappa shape index (κ1) is 10.8. The van der Waals surface area contributed by atoms with Gasteiger partial charge in [0, 0.05) is 16.4 Å². The first-order valence-corrected chi connectivity index (χ1v) is 6.39. The van der Waals surface area contributed by atoms with E-state index in [-0.39, 0.29) is 11.3 Å². The van der Waals surface area contributed by atoms with Gasteiger partial charge < -0.3 is 4.90 Å². The van der Waals surface area contributed by atoms with Crippen LogP contribution in [0.5, 0.6) is 0 Å². The molecule has 0 aliphatic carbocycles. The highest BCUT2D eigenvalue weighted by Gasteiger charge is 2.29. The average molecular weight is 283 g/mol. The number of nitriles is 1. The number of halogens is 1. The SMILES string of the molecule is CC1C(C#N)Sc2cc(Br)ccc2N1C. The van der Waals surface area contributed by atoms with Crippen molar-refractivity contribution in [2.24, 2.45) is 0 Å². The molecule has 0 fully saturated rings. The van der Waals surface area contributed by atoms with Gasteiger partial charge in [-0.3, -0.25) is 0 Å². The van der Waals surface area contributed by atoms with Crippen molar-refractivity contribution in [2.75, 3.05) is 11.9 Å². The molecule has 0 amide bonds. The first-order chi connectivity index (χ1) is 7.13. The lowest BCUT2D eigenvalue weighted by atomic mass is 10.2. The zero-order valence-corrected chi connectivity index (χ0v) is 11.0. The molecule has 15 heavy (non-hydrogen) atoms. The molecule has 1 aromatic carbocycles. The van der Waals surface area contributed by atoms with Gasteiger partial charge in [-0.1, -0.05) is 15.9 Å². The van der Waals surface area contributed by atoms with Crippen LogP contribution < -0.4 is 4.90 Å². The van der Waals surface area contributed by atoms with Crippen LogP contribution in [0.25, 0.3) is 0 Å². The summed E-state index contributed by atoms with van der Waals surface area (Å²) in [4.78, 5) is 3.35. The molecule has 1 aliphatic heterocycles. The monoisotopic (exact) mass is 282 g/mol. The Morgan fingerprint density at radius 2 is 2.27 bits per heavy atom. The molecule has 4 heteroatoms. The van der Waals surface area contributed by atoms with Crippen molar-refractivity contribution in [1.82, 2.24) is 0 Å². The predicted octanol–water partition coefficient (Wildman–Crippen LogP) is 3.27. The summed E-state index contributed by atoms with van der Waals surface area (Å²) in [7, 11) is 2.04. The summed E-state index contributed by atoms with van der Waals surface area (Å²) < 4.78 is 1.06. The molecule has 1 heterocycles. The van der Waals surface area contributed by atoms with Crippen LogP contribution >= 0.6 is 27.7 Å². The number of hydrogen-bond donors (Lipinski definition) is 0. The molecule has 2 unspecified atom stereocenters. The molecule has 2 nitrogen and oxygen atoms in total. The molecule has 1 aliphatic rings. The van der Waals surface area contributed by atoms with E-state index in [1.165, 1.54) is 10.6 Å². The van der Waals surface area contributed by atoms with Crippen LogP contribution in [0, 0.1) is 11.3 Å². The van der Waals surface area contributed by atoms with E-state index in [2.05, 4.69) is 46.0 Å². The van der Waals surface area contributed by atoms with E-state index in [0.717, 1.165) is 4.47 Å². The second-order valence-corrected chi connectivity index (χ2v) is 5.73. The van der Waals surface area contributed by atoms with Gasteiger partial charge in [0.25, 0.3) is 0 Å². The normalized spacial score (nSPS) is 24.5. The minimum Gasteiger partial charge on any atom is -0.369 e. The van der Waals surface area contributed by atoms with Crippen LogP contribution in [0.4, 0.5) is 5.69 Å². The predicted molar refractivity (Wildman–Crippen MR) is 67.3 cm³/mol. The summed E-state index contributed by atoms with van der Waals surface area (Å²) in [5.74, 6) is 0. The van der Waals surface area contributed by atoms with Gasteiger partial charge in [-0.15, -0.1) is 11.8 Å². The second-order valence-electron chi connectivity index (χ2n) is 3.63. The van der Waals surface area contributed by atoms with Crippen molar-refractivity contribution in [3.8, 4) is 6.07 Å². The molecule has 78 valence electrons. The van der Waals surface area contributed by atoms with Crippen molar-refractivity contribution in [3.63, 3.8) is 0 Å². The van der Waals surface area contributed by atoms with E-state index in [0.29, 0.717) is 0 Å². The molecule has 0 saturated heterocycles. The van der Waals surface area contributed by atoms with Crippen molar-refractivity contribution in [2.45, 2.75) is 23.1 Å². The summed E-state index contributed by atoms with van der Waals surface area (Å²) in [5, 5.41) is 9.08. The number of thioether (sulfide) groups is 1. The van der Waals surface area contributed by atoms with E-state index in [1.54, 1.807) is 11.8 Å². The Hall–Kier alpha value is -0.660. The molecular weight excluding hydrogens is 272 g/mol. The minimum atomic E-state index is 0.0109. The summed E-state index contributed by atoms with van der Waals surface area (Å²) in [6, 6.07) is 8.82. The molecular formula is C11H11BrN2S. The third kappa shape index (κ3) is 1.86. The van der Waals surface area contributed by atoms with Crippen LogP contribution in [-0.4, -0.2) is 18.3 Å². The van der Waals surface area contributed by atoms with E-state index >= 15 is 0 Å². The lowest BCUT2D eigenvalue weighted by molar-refractivity contribution is 0.697. The van der Waals surface area contributed by atoms with Crippen molar-refractivity contribution >= 4 is 33.4 Å². The van der Waals surface area contributed by atoms with Crippen LogP contribution in [0.1, 0.15) is 6.92 Å². The Morgan fingerprint density at radius 3 is 2.93 bits per heavy atom. The standard InChI is InChI=1S/C11H11BrN2S/c1-7-11(6-13)15-10-5-8(12)3-4-9(10)14(7)2/h3-5,7,11H,1-2H3. The topological polar surface area (TPSA) is 27.0 Å².